The summed E-state index contributed by atoms with van der Waals surface area (Å²) in [7, 11) is 0. The van der Waals surface area contributed by atoms with Gasteiger partial charge in [0.15, 0.2) is 5.76 Å². The molecule has 0 saturated carbocycles. The van der Waals surface area contributed by atoms with E-state index in [0.29, 0.717) is 11.3 Å². The van der Waals surface area contributed by atoms with E-state index in [1.54, 1.807) is 26.0 Å². The van der Waals surface area contributed by atoms with Gasteiger partial charge in [0.25, 0.3) is 5.91 Å². The van der Waals surface area contributed by atoms with Crippen LogP contribution in [0.2, 0.25) is 0 Å². The molecule has 21 heavy (non-hydrogen) atoms. The first-order chi connectivity index (χ1) is 9.77. The van der Waals surface area contributed by atoms with Gasteiger partial charge in [-0.1, -0.05) is 12.1 Å². The highest BCUT2D eigenvalue weighted by Crippen LogP contribution is 2.29. The van der Waals surface area contributed by atoms with Gasteiger partial charge in [0.2, 0.25) is 0 Å². The molecule has 6 heteroatoms. The van der Waals surface area contributed by atoms with Crippen molar-refractivity contribution in [3.63, 3.8) is 0 Å². The summed E-state index contributed by atoms with van der Waals surface area (Å²) < 4.78 is 42.6. The predicted octanol–water partition coefficient (Wildman–Crippen LogP) is 4.10. The molecule has 3 nitrogen and oxygen atoms in total. The molecule has 1 amide bonds. The summed E-state index contributed by atoms with van der Waals surface area (Å²) in [6, 6.07) is 7.47. The number of rotatable bonds is 3. The van der Waals surface area contributed by atoms with Crippen molar-refractivity contribution in [3.8, 4) is 0 Å². The molecular formula is C15H14F3NO2. The van der Waals surface area contributed by atoms with Crippen molar-refractivity contribution in [1.82, 2.24) is 5.32 Å². The van der Waals surface area contributed by atoms with Gasteiger partial charge in [-0.25, -0.2) is 0 Å². The molecule has 1 atom stereocenters. The second-order valence-electron chi connectivity index (χ2n) is 4.73. The molecule has 0 fully saturated rings. The Morgan fingerprint density at radius 1 is 1.14 bits per heavy atom. The zero-order valence-corrected chi connectivity index (χ0v) is 11.5. The standard InChI is InChI=1S/C15H14F3NO2/c1-9-3-8-13(21-9)14(20)19-10(2)11-4-6-12(7-5-11)15(16,17)18/h3-8,10H,1-2H3,(H,19,20). The largest absolute Gasteiger partial charge is 0.456 e. The van der Waals surface area contributed by atoms with Crippen LogP contribution in [0.1, 0.15) is 40.4 Å². The summed E-state index contributed by atoms with van der Waals surface area (Å²) in [6.45, 7) is 3.41. The van der Waals surface area contributed by atoms with Gasteiger partial charge in [-0.3, -0.25) is 4.79 Å². The van der Waals surface area contributed by atoms with E-state index >= 15 is 0 Å². The van der Waals surface area contributed by atoms with Crippen LogP contribution in [0.4, 0.5) is 13.2 Å². The molecule has 1 N–H and O–H groups in total. The van der Waals surface area contributed by atoms with Crippen LogP contribution in [0.15, 0.2) is 40.8 Å². The third-order valence-corrected chi connectivity index (χ3v) is 3.05. The van der Waals surface area contributed by atoms with Crippen LogP contribution >= 0.6 is 0 Å². The van der Waals surface area contributed by atoms with Crippen molar-refractivity contribution < 1.29 is 22.4 Å². The van der Waals surface area contributed by atoms with E-state index < -0.39 is 23.7 Å². The van der Waals surface area contributed by atoms with Crippen molar-refractivity contribution in [1.29, 1.82) is 0 Å². The highest BCUT2D eigenvalue weighted by atomic mass is 19.4. The predicted molar refractivity (Wildman–Crippen MR) is 70.8 cm³/mol. The molecule has 2 rings (SSSR count). The van der Waals surface area contributed by atoms with Crippen LogP contribution in [0.5, 0.6) is 0 Å². The average Bonchev–Trinajstić information content (AvgIpc) is 2.84. The first-order valence-electron chi connectivity index (χ1n) is 6.32. The van der Waals surface area contributed by atoms with Crippen molar-refractivity contribution in [2.45, 2.75) is 26.1 Å². The highest BCUT2D eigenvalue weighted by molar-refractivity contribution is 5.91. The molecule has 0 saturated heterocycles. The Hall–Kier alpha value is -2.24. The van der Waals surface area contributed by atoms with Crippen molar-refractivity contribution in [2.75, 3.05) is 0 Å². The molecule has 2 aromatic rings. The lowest BCUT2D eigenvalue weighted by molar-refractivity contribution is -0.137. The average molecular weight is 297 g/mol. The molecule has 1 aromatic carbocycles. The number of carbonyl (C=O) groups excluding carboxylic acids is 1. The minimum absolute atomic E-state index is 0.172. The molecule has 0 aliphatic carbocycles. The van der Waals surface area contributed by atoms with Gasteiger partial charge in [-0.05, 0) is 43.7 Å². The minimum Gasteiger partial charge on any atom is -0.456 e. The van der Waals surface area contributed by atoms with E-state index in [1.165, 1.54) is 12.1 Å². The van der Waals surface area contributed by atoms with Crippen LogP contribution in [-0.4, -0.2) is 5.91 Å². The lowest BCUT2D eigenvalue weighted by atomic mass is 10.1. The fourth-order valence-electron chi connectivity index (χ4n) is 1.87. The molecular weight excluding hydrogens is 283 g/mol. The molecule has 1 unspecified atom stereocenters. The summed E-state index contributed by atoms with van der Waals surface area (Å²) in [4.78, 5) is 11.9. The Balaban J connectivity index is 2.06. The Morgan fingerprint density at radius 2 is 1.76 bits per heavy atom. The maximum absolute atomic E-state index is 12.5. The van der Waals surface area contributed by atoms with Crippen LogP contribution in [-0.2, 0) is 6.18 Å². The molecule has 0 bridgehead atoms. The Kier molecular flexibility index (Phi) is 4.06. The van der Waals surface area contributed by atoms with Crippen LogP contribution < -0.4 is 5.32 Å². The molecule has 0 radical (unpaired) electrons. The normalized spacial score (nSPS) is 13.0. The number of amides is 1. The quantitative estimate of drug-likeness (QED) is 0.927. The zero-order valence-electron chi connectivity index (χ0n) is 11.5. The van der Waals surface area contributed by atoms with Crippen molar-refractivity contribution >= 4 is 5.91 Å². The van der Waals surface area contributed by atoms with E-state index in [-0.39, 0.29) is 5.76 Å². The molecule has 0 aliphatic rings. The van der Waals surface area contributed by atoms with Crippen molar-refractivity contribution in [3.05, 3.63) is 59.0 Å². The lowest BCUT2D eigenvalue weighted by Crippen LogP contribution is -2.26. The van der Waals surface area contributed by atoms with Gasteiger partial charge in [-0.15, -0.1) is 0 Å². The van der Waals surface area contributed by atoms with Gasteiger partial charge in [0.05, 0.1) is 11.6 Å². The number of furan rings is 1. The van der Waals surface area contributed by atoms with Crippen LogP contribution in [0.3, 0.4) is 0 Å². The van der Waals surface area contributed by atoms with E-state index in [2.05, 4.69) is 5.32 Å². The first kappa shape index (κ1) is 15.2. The number of carbonyl (C=O) groups is 1. The Labute approximate surface area is 119 Å². The fourth-order valence-corrected chi connectivity index (χ4v) is 1.87. The molecule has 112 valence electrons. The van der Waals surface area contributed by atoms with Gasteiger partial charge in [0, 0.05) is 0 Å². The number of aryl methyl sites for hydroxylation is 1. The SMILES string of the molecule is Cc1ccc(C(=O)NC(C)c2ccc(C(F)(F)F)cc2)o1. The van der Waals surface area contributed by atoms with E-state index in [1.807, 2.05) is 0 Å². The van der Waals surface area contributed by atoms with E-state index in [4.69, 9.17) is 4.42 Å². The van der Waals surface area contributed by atoms with E-state index in [9.17, 15) is 18.0 Å². The van der Waals surface area contributed by atoms with Crippen LogP contribution in [0.25, 0.3) is 0 Å². The number of hydrogen-bond donors (Lipinski definition) is 1. The maximum Gasteiger partial charge on any atom is 0.416 e. The van der Waals surface area contributed by atoms with E-state index in [0.717, 1.165) is 12.1 Å². The highest BCUT2D eigenvalue weighted by Gasteiger charge is 2.30. The van der Waals surface area contributed by atoms with Crippen LogP contribution in [0, 0.1) is 6.92 Å². The van der Waals surface area contributed by atoms with Gasteiger partial charge < -0.3 is 9.73 Å². The topological polar surface area (TPSA) is 42.2 Å². The fraction of sp³-hybridized carbons (Fsp3) is 0.267. The lowest BCUT2D eigenvalue weighted by Gasteiger charge is -2.14. The minimum atomic E-state index is -4.36. The molecule has 0 spiro atoms. The Bertz CT molecular complexity index is 629. The number of hydrogen-bond acceptors (Lipinski definition) is 2. The molecule has 0 aliphatic heterocycles. The smallest absolute Gasteiger partial charge is 0.416 e. The van der Waals surface area contributed by atoms with Gasteiger partial charge >= 0.3 is 6.18 Å². The second-order valence-corrected chi connectivity index (χ2v) is 4.73. The summed E-state index contributed by atoms with van der Waals surface area (Å²) in [5.74, 6) is 0.379. The second kappa shape index (κ2) is 5.63. The maximum atomic E-state index is 12.5. The summed E-state index contributed by atoms with van der Waals surface area (Å²) in [5.41, 5.74) is -0.133. The van der Waals surface area contributed by atoms with Gasteiger partial charge in [-0.2, -0.15) is 13.2 Å². The molecule has 1 heterocycles. The summed E-state index contributed by atoms with van der Waals surface area (Å²) >= 11 is 0. The number of halogens is 3. The molecule has 1 aromatic heterocycles. The zero-order chi connectivity index (χ0) is 15.6. The third kappa shape index (κ3) is 3.65. The summed E-state index contributed by atoms with van der Waals surface area (Å²) in [6.07, 6.45) is -4.36. The number of nitrogens with one attached hydrogen (secondary N) is 1. The number of benzene rings is 1. The third-order valence-electron chi connectivity index (χ3n) is 3.05. The van der Waals surface area contributed by atoms with Gasteiger partial charge in [0.1, 0.15) is 5.76 Å². The monoisotopic (exact) mass is 297 g/mol. The Morgan fingerprint density at radius 3 is 2.24 bits per heavy atom. The first-order valence-corrected chi connectivity index (χ1v) is 6.32. The summed E-state index contributed by atoms with van der Waals surface area (Å²) in [5, 5.41) is 2.67. The number of alkyl halides is 3. The van der Waals surface area contributed by atoms with Crippen molar-refractivity contribution in [2.24, 2.45) is 0 Å².